The Balaban J connectivity index is 1.27. The Morgan fingerprint density at radius 3 is 2.54 bits per heavy atom. The van der Waals surface area contributed by atoms with Crippen LogP contribution in [0.2, 0.25) is 0 Å². The van der Waals surface area contributed by atoms with Crippen molar-refractivity contribution in [1.82, 2.24) is 25.1 Å². The Hall–Kier alpha value is -4.68. The van der Waals surface area contributed by atoms with Gasteiger partial charge in [-0.15, -0.1) is 21.5 Å². The van der Waals surface area contributed by atoms with Crippen molar-refractivity contribution >= 4 is 60.8 Å². The van der Waals surface area contributed by atoms with Crippen LogP contribution in [0.3, 0.4) is 0 Å². The molecule has 0 bridgehead atoms. The molecular formula is C34H37FN8O3S2. The van der Waals surface area contributed by atoms with Gasteiger partial charge in [-0.1, -0.05) is 35.3 Å². The third-order valence-electron chi connectivity index (χ3n) is 7.23. The number of para-hydroxylation sites is 1. The van der Waals surface area contributed by atoms with Crippen LogP contribution in [-0.2, 0) is 12.8 Å². The highest BCUT2D eigenvalue weighted by molar-refractivity contribution is 7.22. The lowest BCUT2D eigenvalue weighted by molar-refractivity contribution is 0.0690. The van der Waals surface area contributed by atoms with Gasteiger partial charge < -0.3 is 26.2 Å². The van der Waals surface area contributed by atoms with Gasteiger partial charge >= 0.3 is 5.97 Å². The molecular weight excluding hydrogens is 652 g/mol. The van der Waals surface area contributed by atoms with E-state index in [0.29, 0.717) is 64.7 Å². The number of ether oxygens (including phenoxy) is 1. The number of nitrogens with two attached hydrogens (primary N) is 1. The summed E-state index contributed by atoms with van der Waals surface area (Å²) in [6, 6.07) is 12.5. The van der Waals surface area contributed by atoms with Crippen LogP contribution in [0.4, 0.5) is 26.3 Å². The molecule has 0 atom stereocenters. The number of carboxylic acids is 1. The number of aryl methyl sites for hydroxylation is 1. The van der Waals surface area contributed by atoms with Crippen molar-refractivity contribution < 1.29 is 19.0 Å². The highest BCUT2D eigenvalue weighted by Crippen LogP contribution is 2.33. The van der Waals surface area contributed by atoms with Gasteiger partial charge in [-0.2, -0.15) is 0 Å². The smallest absolute Gasteiger partial charge is 0.355 e. The van der Waals surface area contributed by atoms with Gasteiger partial charge in [-0.3, -0.25) is 4.90 Å². The van der Waals surface area contributed by atoms with Crippen LogP contribution < -0.4 is 21.1 Å². The molecule has 2 aromatic carbocycles. The first-order chi connectivity index (χ1) is 23.2. The molecule has 48 heavy (non-hydrogen) atoms. The second kappa shape index (κ2) is 16.4. The lowest BCUT2D eigenvalue weighted by atomic mass is 10.0. The summed E-state index contributed by atoms with van der Waals surface area (Å²) in [7, 11) is 3.83. The summed E-state index contributed by atoms with van der Waals surface area (Å²) in [6.07, 6.45) is 3.22. The average molecular weight is 689 g/mol. The van der Waals surface area contributed by atoms with Crippen LogP contribution in [0.5, 0.6) is 5.75 Å². The lowest BCUT2D eigenvalue weighted by Gasteiger charge is -2.14. The Morgan fingerprint density at radius 2 is 1.79 bits per heavy atom. The highest BCUT2D eigenvalue weighted by Gasteiger charge is 2.20. The molecule has 0 fully saturated rings. The maximum Gasteiger partial charge on any atom is 0.355 e. The van der Waals surface area contributed by atoms with E-state index >= 15 is 0 Å². The lowest BCUT2D eigenvalue weighted by Crippen LogP contribution is -2.10. The van der Waals surface area contributed by atoms with Gasteiger partial charge in [0.25, 0.3) is 0 Å². The minimum Gasteiger partial charge on any atom is -0.491 e. The van der Waals surface area contributed by atoms with Gasteiger partial charge in [0.15, 0.2) is 39.2 Å². The second-order valence-electron chi connectivity index (χ2n) is 11.2. The van der Waals surface area contributed by atoms with Gasteiger partial charge in [-0.25, -0.2) is 19.2 Å². The van der Waals surface area contributed by atoms with Gasteiger partial charge in [-0.05, 0) is 90.0 Å². The molecule has 0 radical (unpaired) electrons. The van der Waals surface area contributed by atoms with Crippen LogP contribution in [0.25, 0.3) is 10.2 Å². The van der Waals surface area contributed by atoms with Crippen molar-refractivity contribution in [2.45, 2.75) is 39.0 Å². The molecule has 5 rings (SSSR count). The maximum absolute atomic E-state index is 14.6. The Morgan fingerprint density at radius 1 is 1.02 bits per heavy atom. The molecule has 0 unspecified atom stereocenters. The number of nitrogens with one attached hydrogen (secondary N) is 2. The monoisotopic (exact) mass is 688 g/mol. The number of aromatic nitrogens is 4. The minimum atomic E-state index is -1.13. The van der Waals surface area contributed by atoms with E-state index in [4.69, 9.17) is 10.5 Å². The molecule has 3 heterocycles. The number of carboxylic acid groups (broad SMARTS) is 1. The third kappa shape index (κ3) is 9.02. The fraction of sp³-hybridized carbons (Fsp3) is 0.324. The first kappa shape index (κ1) is 34.6. The van der Waals surface area contributed by atoms with E-state index in [2.05, 4.69) is 42.6 Å². The van der Waals surface area contributed by atoms with E-state index in [1.807, 2.05) is 50.2 Å². The highest BCUT2D eigenvalue weighted by atomic mass is 32.1. The van der Waals surface area contributed by atoms with E-state index in [1.165, 1.54) is 28.7 Å². The summed E-state index contributed by atoms with van der Waals surface area (Å²) in [5.74, 6) is 5.50. The molecule has 0 saturated carbocycles. The normalized spacial score (nSPS) is 11.0. The first-order valence-electron chi connectivity index (χ1n) is 15.5. The fourth-order valence-corrected chi connectivity index (χ4v) is 6.67. The molecule has 0 aliphatic heterocycles. The number of hydrogen-bond acceptors (Lipinski definition) is 12. The van der Waals surface area contributed by atoms with E-state index in [9.17, 15) is 14.3 Å². The number of fused-ring (bicyclic) bond motifs is 1. The summed E-state index contributed by atoms with van der Waals surface area (Å²) < 4.78 is 21.3. The molecule has 0 saturated heterocycles. The number of hydrogen-bond donors (Lipinski definition) is 4. The van der Waals surface area contributed by atoms with Crippen molar-refractivity contribution in [2.24, 2.45) is 5.73 Å². The Labute approximate surface area is 286 Å². The van der Waals surface area contributed by atoms with Crippen molar-refractivity contribution in [3.63, 3.8) is 0 Å². The fourth-order valence-electron chi connectivity index (χ4n) is 4.81. The number of thiazole rings is 2. The van der Waals surface area contributed by atoms with Crippen LogP contribution >= 0.6 is 22.7 Å². The number of benzene rings is 2. The number of carbonyl (C=O) groups is 1. The van der Waals surface area contributed by atoms with Crippen LogP contribution in [-0.4, -0.2) is 69.9 Å². The molecule has 11 nitrogen and oxygen atoms in total. The zero-order valence-electron chi connectivity index (χ0n) is 27.0. The summed E-state index contributed by atoms with van der Waals surface area (Å²) in [6.45, 7) is 3.31. The van der Waals surface area contributed by atoms with Crippen LogP contribution in [0, 0.1) is 24.6 Å². The molecule has 0 amide bonds. The van der Waals surface area contributed by atoms with E-state index in [1.54, 1.807) is 12.1 Å². The van der Waals surface area contributed by atoms with E-state index in [-0.39, 0.29) is 18.1 Å². The quantitative estimate of drug-likeness (QED) is 0.0716. The summed E-state index contributed by atoms with van der Waals surface area (Å²) in [5.41, 5.74) is 9.03. The summed E-state index contributed by atoms with van der Waals surface area (Å²) in [4.78, 5) is 23.6. The summed E-state index contributed by atoms with van der Waals surface area (Å²) in [5, 5.41) is 26.4. The van der Waals surface area contributed by atoms with E-state index in [0.717, 1.165) is 34.2 Å². The number of nitrogens with zero attached hydrogens (tertiary/aromatic N) is 5. The van der Waals surface area contributed by atoms with Crippen molar-refractivity contribution in [3.05, 3.63) is 75.5 Å². The Bertz CT molecular complexity index is 1920. The molecule has 250 valence electrons. The number of anilines is 4. The zero-order chi connectivity index (χ0) is 34.0. The number of rotatable bonds is 15. The topological polar surface area (TPSA) is 151 Å². The molecule has 14 heteroatoms. The standard InChI is InChI=1S/C34H37FN8O3S2/c1-21-23(11-6-7-17-36)31(42-41-30(21)39-33-37-25-12-4-5-13-27(25)47-33)40-34-38-29(32(44)45)28(48-34)14-9-19-46-26-16-15-22(20-24(26)35)10-8-18-43(2)3/h4-5,12-13,15-16,20H,6-7,9,11,14,17-19,36H2,1-3H3,(H,44,45)(H,37,39,41)(H,38,40,42). The second-order valence-corrected chi connectivity index (χ2v) is 13.3. The zero-order valence-corrected chi connectivity index (χ0v) is 28.6. The largest absolute Gasteiger partial charge is 0.491 e. The molecule has 5 N–H and O–H groups in total. The van der Waals surface area contributed by atoms with Crippen LogP contribution in [0.15, 0.2) is 42.5 Å². The van der Waals surface area contributed by atoms with Crippen molar-refractivity contribution in [2.75, 3.05) is 44.4 Å². The van der Waals surface area contributed by atoms with Gasteiger partial charge in [0.05, 0.1) is 23.4 Å². The SMILES string of the molecule is Cc1c(Nc2nc3ccccc3s2)nnc(Nc2nc(C(=O)O)c(CCCOc3ccc(C#CCN(C)C)cc3F)s2)c1CCCCN. The average Bonchev–Trinajstić information content (AvgIpc) is 3.66. The maximum atomic E-state index is 14.6. The van der Waals surface area contributed by atoms with Gasteiger partial charge in [0, 0.05) is 21.6 Å². The third-order valence-corrected chi connectivity index (χ3v) is 9.22. The van der Waals surface area contributed by atoms with Crippen molar-refractivity contribution in [1.29, 1.82) is 0 Å². The van der Waals surface area contributed by atoms with Crippen LogP contribution in [0.1, 0.15) is 51.3 Å². The number of aromatic carboxylic acids is 1. The van der Waals surface area contributed by atoms with Gasteiger partial charge in [0.1, 0.15) is 0 Å². The summed E-state index contributed by atoms with van der Waals surface area (Å²) >= 11 is 2.77. The Kier molecular flexibility index (Phi) is 11.9. The first-order valence-corrected chi connectivity index (χ1v) is 17.1. The predicted octanol–water partition coefficient (Wildman–Crippen LogP) is 6.38. The number of unbranched alkanes of at least 4 members (excludes halogenated alkanes) is 1. The van der Waals surface area contributed by atoms with Gasteiger partial charge in [0.2, 0.25) is 0 Å². The molecule has 5 aromatic rings. The minimum absolute atomic E-state index is 0.0437. The van der Waals surface area contributed by atoms with Crippen molar-refractivity contribution in [3.8, 4) is 17.6 Å². The molecule has 0 aliphatic carbocycles. The molecule has 3 aromatic heterocycles. The van der Waals surface area contributed by atoms with E-state index < -0.39 is 11.8 Å². The predicted molar refractivity (Wildman–Crippen MR) is 190 cm³/mol. The number of halogens is 1. The molecule has 0 aliphatic rings. The molecule has 0 spiro atoms.